The van der Waals surface area contributed by atoms with Crippen molar-refractivity contribution in [3.63, 3.8) is 0 Å². The van der Waals surface area contributed by atoms with Gasteiger partial charge in [0.2, 0.25) is 5.95 Å². The molecule has 1 atom stereocenters. The predicted octanol–water partition coefficient (Wildman–Crippen LogP) is 3.34. The molecule has 4 rings (SSSR count). The number of rotatable bonds is 5. The summed E-state index contributed by atoms with van der Waals surface area (Å²) in [6, 6.07) is 13.7. The van der Waals surface area contributed by atoms with E-state index >= 15 is 0 Å². The molecule has 1 unspecified atom stereocenters. The molecule has 0 fully saturated rings. The Kier molecular flexibility index (Phi) is 4.41. The second-order valence-corrected chi connectivity index (χ2v) is 5.78. The Hall–Kier alpha value is -3.49. The standard InChI is InChI=1S/C18H15F2N5O2/c1-26-14-4-2-3-12(9-14)15-10-16(25-18(21-15)22-23-24-25)11-5-7-13(8-6-11)27-17(19)20/h2-10,16-17H,1H3,(H,21,22,24). The molecule has 0 aliphatic carbocycles. The van der Waals surface area contributed by atoms with Crippen LogP contribution in [0.3, 0.4) is 0 Å². The van der Waals surface area contributed by atoms with Crippen molar-refractivity contribution in [1.82, 2.24) is 20.2 Å². The molecule has 2 aromatic carbocycles. The molecule has 2 heterocycles. The van der Waals surface area contributed by atoms with Crippen LogP contribution in [0.2, 0.25) is 0 Å². The number of nitrogens with zero attached hydrogens (tertiary/aromatic N) is 4. The van der Waals surface area contributed by atoms with Gasteiger partial charge in [-0.1, -0.05) is 29.4 Å². The molecule has 3 aromatic rings. The number of halogens is 2. The van der Waals surface area contributed by atoms with E-state index < -0.39 is 6.61 Å². The van der Waals surface area contributed by atoms with E-state index in [4.69, 9.17) is 4.74 Å². The molecule has 0 radical (unpaired) electrons. The number of benzene rings is 2. The molecule has 1 N–H and O–H groups in total. The number of methoxy groups -OCH3 is 1. The minimum atomic E-state index is -2.86. The molecule has 7 nitrogen and oxygen atoms in total. The van der Waals surface area contributed by atoms with Crippen LogP contribution in [-0.4, -0.2) is 33.9 Å². The highest BCUT2D eigenvalue weighted by atomic mass is 19.3. The fourth-order valence-electron chi connectivity index (χ4n) is 2.90. The number of aromatic nitrogens is 4. The van der Waals surface area contributed by atoms with Crippen LogP contribution in [0.25, 0.3) is 5.70 Å². The van der Waals surface area contributed by atoms with E-state index in [0.717, 1.165) is 22.6 Å². The number of anilines is 1. The zero-order valence-corrected chi connectivity index (χ0v) is 14.2. The topological polar surface area (TPSA) is 74.1 Å². The van der Waals surface area contributed by atoms with Gasteiger partial charge in [-0.15, -0.1) is 0 Å². The van der Waals surface area contributed by atoms with Gasteiger partial charge in [-0.2, -0.15) is 13.5 Å². The van der Waals surface area contributed by atoms with Crippen molar-refractivity contribution in [2.45, 2.75) is 12.7 Å². The van der Waals surface area contributed by atoms with Crippen molar-refractivity contribution in [2.24, 2.45) is 0 Å². The Morgan fingerprint density at radius 3 is 2.67 bits per heavy atom. The minimum Gasteiger partial charge on any atom is -0.497 e. The molecule has 1 aliphatic heterocycles. The van der Waals surface area contributed by atoms with Crippen molar-refractivity contribution < 1.29 is 18.3 Å². The highest BCUT2D eigenvalue weighted by molar-refractivity contribution is 5.77. The van der Waals surface area contributed by atoms with Gasteiger partial charge in [0.25, 0.3) is 0 Å². The summed E-state index contributed by atoms with van der Waals surface area (Å²) in [4.78, 5) is 0. The molecule has 0 bridgehead atoms. The van der Waals surface area contributed by atoms with E-state index in [-0.39, 0.29) is 11.8 Å². The van der Waals surface area contributed by atoms with E-state index in [1.54, 1.807) is 23.9 Å². The van der Waals surface area contributed by atoms with Crippen molar-refractivity contribution in [1.29, 1.82) is 0 Å². The highest BCUT2D eigenvalue weighted by Gasteiger charge is 2.24. The number of allylic oxidation sites excluding steroid dienone is 1. The Morgan fingerprint density at radius 1 is 1.11 bits per heavy atom. The summed E-state index contributed by atoms with van der Waals surface area (Å²) in [6.45, 7) is -2.86. The van der Waals surface area contributed by atoms with Gasteiger partial charge in [0, 0.05) is 11.3 Å². The van der Waals surface area contributed by atoms with Crippen LogP contribution in [0.1, 0.15) is 17.2 Å². The van der Waals surface area contributed by atoms with Gasteiger partial charge in [-0.3, -0.25) is 0 Å². The highest BCUT2D eigenvalue weighted by Crippen LogP contribution is 2.33. The molecular formula is C18H15F2N5O2. The first-order valence-electron chi connectivity index (χ1n) is 8.10. The van der Waals surface area contributed by atoms with Crippen LogP contribution in [-0.2, 0) is 0 Å². The molecule has 0 saturated heterocycles. The third kappa shape index (κ3) is 3.43. The molecule has 138 valence electrons. The molecule has 0 amide bonds. The van der Waals surface area contributed by atoms with E-state index in [2.05, 4.69) is 25.6 Å². The zero-order chi connectivity index (χ0) is 18.8. The summed E-state index contributed by atoms with van der Waals surface area (Å²) in [5.41, 5.74) is 2.55. The molecule has 0 spiro atoms. The quantitative estimate of drug-likeness (QED) is 0.742. The summed E-state index contributed by atoms with van der Waals surface area (Å²) in [5, 5.41) is 14.9. The second kappa shape index (κ2) is 7.02. The van der Waals surface area contributed by atoms with Crippen molar-refractivity contribution in [2.75, 3.05) is 12.4 Å². The first kappa shape index (κ1) is 17.0. The average Bonchev–Trinajstić information content (AvgIpc) is 3.16. The lowest BCUT2D eigenvalue weighted by Gasteiger charge is -2.23. The largest absolute Gasteiger partial charge is 0.497 e. The Morgan fingerprint density at radius 2 is 1.93 bits per heavy atom. The summed E-state index contributed by atoms with van der Waals surface area (Å²) >= 11 is 0. The van der Waals surface area contributed by atoms with Crippen molar-refractivity contribution in [3.8, 4) is 11.5 Å². The van der Waals surface area contributed by atoms with Crippen LogP contribution < -0.4 is 14.8 Å². The van der Waals surface area contributed by atoms with Crippen LogP contribution >= 0.6 is 0 Å². The number of hydrogen-bond donors (Lipinski definition) is 1. The maximum absolute atomic E-state index is 12.4. The van der Waals surface area contributed by atoms with E-state index in [1.807, 2.05) is 30.3 Å². The van der Waals surface area contributed by atoms with E-state index in [9.17, 15) is 8.78 Å². The maximum atomic E-state index is 12.4. The number of nitrogens with one attached hydrogen (secondary N) is 1. The number of ether oxygens (including phenoxy) is 2. The lowest BCUT2D eigenvalue weighted by atomic mass is 10.0. The predicted molar refractivity (Wildman–Crippen MR) is 93.6 cm³/mol. The van der Waals surface area contributed by atoms with Gasteiger partial charge >= 0.3 is 6.61 Å². The van der Waals surface area contributed by atoms with Crippen LogP contribution in [0.4, 0.5) is 14.7 Å². The first-order valence-corrected chi connectivity index (χ1v) is 8.10. The monoisotopic (exact) mass is 371 g/mol. The molecule has 0 saturated carbocycles. The number of tetrazole rings is 1. The number of hydrogen-bond acceptors (Lipinski definition) is 6. The number of fused-ring (bicyclic) bond motifs is 1. The van der Waals surface area contributed by atoms with Crippen LogP contribution in [0.5, 0.6) is 11.5 Å². The first-order chi connectivity index (χ1) is 13.1. The van der Waals surface area contributed by atoms with Crippen molar-refractivity contribution >= 4 is 11.6 Å². The van der Waals surface area contributed by atoms with Gasteiger partial charge in [0.15, 0.2) is 0 Å². The van der Waals surface area contributed by atoms with Gasteiger partial charge in [-0.25, -0.2) is 0 Å². The summed E-state index contributed by atoms with van der Waals surface area (Å²) in [5.74, 6) is 1.30. The normalized spacial score (nSPS) is 15.7. The Labute approximate surface area is 153 Å². The molecule has 1 aliphatic rings. The summed E-state index contributed by atoms with van der Waals surface area (Å²) < 4.78 is 36.0. The average molecular weight is 371 g/mol. The number of alkyl halides is 2. The smallest absolute Gasteiger partial charge is 0.387 e. The molecule has 9 heteroatoms. The minimum absolute atomic E-state index is 0.0941. The molecule has 1 aromatic heterocycles. The third-order valence-electron chi connectivity index (χ3n) is 4.15. The van der Waals surface area contributed by atoms with E-state index in [0.29, 0.717) is 5.95 Å². The summed E-state index contributed by atoms with van der Waals surface area (Å²) in [6.07, 6.45) is 1.96. The zero-order valence-electron chi connectivity index (χ0n) is 14.2. The second-order valence-electron chi connectivity index (χ2n) is 5.78. The van der Waals surface area contributed by atoms with Crippen LogP contribution in [0, 0.1) is 0 Å². The summed E-state index contributed by atoms with van der Waals surface area (Å²) in [7, 11) is 1.61. The SMILES string of the molecule is COc1cccc(C2=CC(c3ccc(OC(F)F)cc3)n3nnnc3N2)c1. The van der Waals surface area contributed by atoms with Gasteiger partial charge in [0.05, 0.1) is 7.11 Å². The fraction of sp³-hybridized carbons (Fsp3) is 0.167. The molecule has 27 heavy (non-hydrogen) atoms. The fourth-order valence-corrected chi connectivity index (χ4v) is 2.90. The van der Waals surface area contributed by atoms with E-state index in [1.165, 1.54) is 12.1 Å². The third-order valence-corrected chi connectivity index (χ3v) is 4.15. The maximum Gasteiger partial charge on any atom is 0.387 e. The lowest BCUT2D eigenvalue weighted by Crippen LogP contribution is -2.20. The lowest BCUT2D eigenvalue weighted by molar-refractivity contribution is -0.0498. The van der Waals surface area contributed by atoms with Crippen molar-refractivity contribution in [3.05, 3.63) is 65.7 Å². The molecular weight excluding hydrogens is 356 g/mol. The van der Waals surface area contributed by atoms with Gasteiger partial charge in [-0.05, 0) is 46.3 Å². The Balaban J connectivity index is 1.71. The van der Waals surface area contributed by atoms with Gasteiger partial charge < -0.3 is 14.8 Å². The Bertz CT molecular complexity index is 972. The van der Waals surface area contributed by atoms with Crippen LogP contribution in [0.15, 0.2) is 54.6 Å². The van der Waals surface area contributed by atoms with Gasteiger partial charge in [0.1, 0.15) is 17.5 Å².